The average molecular weight is 342 g/mol. The summed E-state index contributed by atoms with van der Waals surface area (Å²) in [6.45, 7) is 1.87. The smallest absolute Gasteiger partial charge is 0.237 e. The number of carbonyl (C=O) groups is 2. The molecule has 2 aromatic rings. The molecule has 6 heteroatoms. The second-order valence-electron chi connectivity index (χ2n) is 5.51. The third-order valence-corrected chi connectivity index (χ3v) is 4.90. The van der Waals surface area contributed by atoms with Crippen LogP contribution in [-0.2, 0) is 16.0 Å². The first-order valence-corrected chi connectivity index (χ1v) is 8.48. The minimum atomic E-state index is -0.136. The van der Waals surface area contributed by atoms with Gasteiger partial charge in [-0.05, 0) is 36.8 Å². The van der Waals surface area contributed by atoms with Crippen molar-refractivity contribution in [2.24, 2.45) is 0 Å². The highest BCUT2D eigenvalue weighted by molar-refractivity contribution is 8.00. The summed E-state index contributed by atoms with van der Waals surface area (Å²) < 4.78 is 5.23. The van der Waals surface area contributed by atoms with E-state index in [1.54, 1.807) is 19.2 Å². The third-order valence-electron chi connectivity index (χ3n) is 3.72. The summed E-state index contributed by atoms with van der Waals surface area (Å²) in [6.07, 6.45) is 0.224. The topological polar surface area (TPSA) is 67.4 Å². The van der Waals surface area contributed by atoms with Crippen LogP contribution in [0.5, 0.6) is 5.75 Å². The summed E-state index contributed by atoms with van der Waals surface area (Å²) in [7, 11) is 1.57. The van der Waals surface area contributed by atoms with Crippen molar-refractivity contribution in [2.45, 2.75) is 23.5 Å². The molecule has 3 rings (SSSR count). The SMILES string of the molecule is COc1ccccc1NC(=O)Cc1ccc2c(c1)NC(=O)C(C)S2. The Bertz CT molecular complexity index is 792. The van der Waals surface area contributed by atoms with Crippen LogP contribution in [-0.4, -0.2) is 24.2 Å². The lowest BCUT2D eigenvalue weighted by Crippen LogP contribution is -2.26. The summed E-state index contributed by atoms with van der Waals surface area (Å²) in [4.78, 5) is 25.1. The number of carbonyl (C=O) groups excluding carboxylic acids is 2. The number of amides is 2. The number of thioether (sulfide) groups is 1. The van der Waals surface area contributed by atoms with E-state index in [4.69, 9.17) is 4.74 Å². The molecule has 0 spiro atoms. The van der Waals surface area contributed by atoms with Crippen LogP contribution in [0.1, 0.15) is 12.5 Å². The molecule has 124 valence electrons. The summed E-state index contributed by atoms with van der Waals surface area (Å²) in [6, 6.07) is 13.0. The largest absolute Gasteiger partial charge is 0.495 e. The molecular weight excluding hydrogens is 324 g/mol. The van der Waals surface area contributed by atoms with Crippen LogP contribution in [0.15, 0.2) is 47.4 Å². The Kier molecular flexibility index (Phi) is 4.76. The Morgan fingerprint density at radius 2 is 2.08 bits per heavy atom. The van der Waals surface area contributed by atoms with Gasteiger partial charge in [0.1, 0.15) is 5.75 Å². The van der Waals surface area contributed by atoms with Crippen LogP contribution in [0.4, 0.5) is 11.4 Å². The molecule has 1 atom stereocenters. The minimum absolute atomic E-state index is 0.0110. The van der Waals surface area contributed by atoms with Gasteiger partial charge in [0.2, 0.25) is 11.8 Å². The lowest BCUT2D eigenvalue weighted by Gasteiger charge is -2.21. The van der Waals surface area contributed by atoms with Crippen molar-refractivity contribution in [2.75, 3.05) is 17.7 Å². The van der Waals surface area contributed by atoms with E-state index in [9.17, 15) is 9.59 Å². The normalized spacial score (nSPS) is 16.1. The second-order valence-corrected chi connectivity index (χ2v) is 6.89. The molecule has 1 heterocycles. The quantitative estimate of drug-likeness (QED) is 0.894. The minimum Gasteiger partial charge on any atom is -0.495 e. The van der Waals surface area contributed by atoms with Gasteiger partial charge in [-0.15, -0.1) is 11.8 Å². The molecule has 5 nitrogen and oxygen atoms in total. The summed E-state index contributed by atoms with van der Waals surface area (Å²) in [5.74, 6) is 0.472. The van der Waals surface area contributed by atoms with E-state index in [2.05, 4.69) is 10.6 Å². The zero-order valence-electron chi connectivity index (χ0n) is 13.5. The van der Waals surface area contributed by atoms with Crippen LogP contribution >= 0.6 is 11.8 Å². The zero-order valence-corrected chi connectivity index (χ0v) is 14.3. The molecule has 0 radical (unpaired) electrons. The van der Waals surface area contributed by atoms with Gasteiger partial charge in [0.05, 0.1) is 30.2 Å². The number of ether oxygens (including phenoxy) is 1. The van der Waals surface area contributed by atoms with Crippen molar-refractivity contribution in [1.29, 1.82) is 0 Å². The molecule has 2 aromatic carbocycles. The molecule has 0 aromatic heterocycles. The second kappa shape index (κ2) is 6.97. The number of benzene rings is 2. The molecular formula is C18H18N2O3S. The van der Waals surface area contributed by atoms with E-state index in [-0.39, 0.29) is 23.5 Å². The highest BCUT2D eigenvalue weighted by Gasteiger charge is 2.23. The van der Waals surface area contributed by atoms with Crippen LogP contribution in [0.2, 0.25) is 0 Å². The van der Waals surface area contributed by atoms with E-state index in [0.717, 1.165) is 16.1 Å². The van der Waals surface area contributed by atoms with Gasteiger partial charge in [-0.25, -0.2) is 0 Å². The van der Waals surface area contributed by atoms with Gasteiger partial charge in [0, 0.05) is 4.90 Å². The maximum Gasteiger partial charge on any atom is 0.237 e. The highest BCUT2D eigenvalue weighted by Crippen LogP contribution is 2.36. The van der Waals surface area contributed by atoms with Gasteiger partial charge in [0.25, 0.3) is 0 Å². The fourth-order valence-electron chi connectivity index (χ4n) is 2.49. The molecule has 1 aliphatic heterocycles. The van der Waals surface area contributed by atoms with Crippen LogP contribution < -0.4 is 15.4 Å². The van der Waals surface area contributed by atoms with Crippen molar-refractivity contribution in [3.05, 3.63) is 48.0 Å². The molecule has 2 amide bonds. The van der Waals surface area contributed by atoms with Gasteiger partial charge in [-0.2, -0.15) is 0 Å². The molecule has 24 heavy (non-hydrogen) atoms. The Balaban J connectivity index is 1.71. The number of para-hydroxylation sites is 2. The predicted octanol–water partition coefficient (Wildman–Crippen LogP) is 3.31. The first kappa shape index (κ1) is 16.4. The average Bonchev–Trinajstić information content (AvgIpc) is 2.56. The van der Waals surface area contributed by atoms with Crippen molar-refractivity contribution in [3.63, 3.8) is 0 Å². The first-order valence-electron chi connectivity index (χ1n) is 7.60. The summed E-state index contributed by atoms with van der Waals surface area (Å²) in [5, 5.41) is 5.63. The molecule has 0 aliphatic carbocycles. The van der Waals surface area contributed by atoms with E-state index in [0.29, 0.717) is 11.4 Å². The lowest BCUT2D eigenvalue weighted by molar-refractivity contribution is -0.116. The Hall–Kier alpha value is -2.47. The standard InChI is InChI=1S/C18H18N2O3S/c1-11-18(22)20-14-9-12(7-8-16(14)24-11)10-17(21)19-13-5-3-4-6-15(13)23-2/h3-9,11H,10H2,1-2H3,(H,19,21)(H,20,22). The summed E-state index contributed by atoms with van der Waals surface area (Å²) >= 11 is 1.53. The number of methoxy groups -OCH3 is 1. The number of anilines is 2. The molecule has 0 fully saturated rings. The van der Waals surface area contributed by atoms with E-state index in [1.165, 1.54) is 11.8 Å². The maximum absolute atomic E-state index is 12.3. The number of nitrogens with one attached hydrogen (secondary N) is 2. The maximum atomic E-state index is 12.3. The van der Waals surface area contributed by atoms with Crippen LogP contribution in [0.25, 0.3) is 0 Å². The van der Waals surface area contributed by atoms with E-state index < -0.39 is 0 Å². The molecule has 1 aliphatic rings. The van der Waals surface area contributed by atoms with Gasteiger partial charge >= 0.3 is 0 Å². The number of rotatable bonds is 4. The number of fused-ring (bicyclic) bond motifs is 1. The van der Waals surface area contributed by atoms with Gasteiger partial charge in [-0.3, -0.25) is 9.59 Å². The Morgan fingerprint density at radius 1 is 1.29 bits per heavy atom. The van der Waals surface area contributed by atoms with Gasteiger partial charge in [-0.1, -0.05) is 18.2 Å². The Labute approximate surface area is 144 Å². The molecule has 0 saturated heterocycles. The van der Waals surface area contributed by atoms with Gasteiger partial charge in [0.15, 0.2) is 0 Å². The molecule has 1 unspecified atom stereocenters. The predicted molar refractivity (Wildman–Crippen MR) is 95.7 cm³/mol. The van der Waals surface area contributed by atoms with Crippen LogP contribution in [0.3, 0.4) is 0 Å². The Morgan fingerprint density at radius 3 is 2.88 bits per heavy atom. The fourth-order valence-corrected chi connectivity index (χ4v) is 3.42. The van der Waals surface area contributed by atoms with Crippen molar-refractivity contribution >= 4 is 35.0 Å². The fraction of sp³-hybridized carbons (Fsp3) is 0.222. The first-order chi connectivity index (χ1) is 11.6. The van der Waals surface area contributed by atoms with Gasteiger partial charge < -0.3 is 15.4 Å². The number of hydrogen-bond donors (Lipinski definition) is 2. The molecule has 2 N–H and O–H groups in total. The highest BCUT2D eigenvalue weighted by atomic mass is 32.2. The lowest BCUT2D eigenvalue weighted by atomic mass is 10.1. The zero-order chi connectivity index (χ0) is 17.1. The van der Waals surface area contributed by atoms with Crippen molar-refractivity contribution in [3.8, 4) is 5.75 Å². The van der Waals surface area contributed by atoms with E-state index in [1.807, 2.05) is 37.3 Å². The third kappa shape index (κ3) is 3.54. The molecule has 0 bridgehead atoms. The van der Waals surface area contributed by atoms with Crippen molar-refractivity contribution < 1.29 is 14.3 Å². The molecule has 0 saturated carbocycles. The monoisotopic (exact) mass is 342 g/mol. The van der Waals surface area contributed by atoms with Crippen LogP contribution in [0, 0.1) is 0 Å². The number of hydrogen-bond acceptors (Lipinski definition) is 4. The summed E-state index contributed by atoms with van der Waals surface area (Å²) in [5.41, 5.74) is 2.25. The van der Waals surface area contributed by atoms with E-state index >= 15 is 0 Å². The van der Waals surface area contributed by atoms with Crippen molar-refractivity contribution in [1.82, 2.24) is 0 Å².